The van der Waals surface area contributed by atoms with E-state index in [1.54, 1.807) is 0 Å². The summed E-state index contributed by atoms with van der Waals surface area (Å²) in [5, 5.41) is 0. The van der Waals surface area contributed by atoms with Gasteiger partial charge in [-0.15, -0.1) is 0 Å². The molecular formula is C33H41NO2. The van der Waals surface area contributed by atoms with Crippen LogP contribution in [0, 0.1) is 0 Å². The minimum absolute atomic E-state index is 0.104. The van der Waals surface area contributed by atoms with Crippen LogP contribution < -0.4 is 0 Å². The Balaban J connectivity index is 1.34. The number of piperidine rings is 1. The van der Waals surface area contributed by atoms with E-state index in [0.717, 1.165) is 56.4 Å². The summed E-state index contributed by atoms with van der Waals surface area (Å²) in [6.45, 7) is 9.09. The standard InChI is InChI=1S/C33H41NO2/c1-4-33(2,3)29-19-17-26(18-20-29)31(35)16-11-23-34-24-21-30(22-25-34)36-32(27-12-7-5-8-13-27)28-14-9-6-10-15-28/h5-10,12-15,17-20,30,32H,4,11,16,21-25H2,1-3H3/i5D,7D,8D,12D,13D. The summed E-state index contributed by atoms with van der Waals surface area (Å²) in [6.07, 6.45) is 3.02. The van der Waals surface area contributed by atoms with Gasteiger partial charge in [-0.3, -0.25) is 4.79 Å². The number of hydrogen-bond acceptors (Lipinski definition) is 3. The SMILES string of the molecule is [2H]c1c([2H])c([2H])c(C(OC2CCN(CCCC(=O)c3ccc(C(C)(C)CC)cc3)CC2)c2ccccc2)c([2H])c1[2H]. The third kappa shape index (κ3) is 6.93. The lowest BCUT2D eigenvalue weighted by molar-refractivity contribution is -0.0270. The Hall–Kier alpha value is -2.75. The summed E-state index contributed by atoms with van der Waals surface area (Å²) in [6, 6.07) is 15.9. The van der Waals surface area contributed by atoms with Crippen LogP contribution in [0.25, 0.3) is 0 Å². The lowest BCUT2D eigenvalue weighted by Gasteiger charge is -2.34. The number of ether oxygens (including phenoxy) is 1. The number of ketones is 1. The van der Waals surface area contributed by atoms with Gasteiger partial charge >= 0.3 is 0 Å². The van der Waals surface area contributed by atoms with Gasteiger partial charge in [-0.1, -0.05) is 106 Å². The second-order valence-corrected chi connectivity index (χ2v) is 10.3. The third-order valence-electron chi connectivity index (χ3n) is 7.50. The normalized spacial score (nSPS) is 18.0. The topological polar surface area (TPSA) is 29.5 Å². The van der Waals surface area contributed by atoms with Gasteiger partial charge in [0.2, 0.25) is 0 Å². The number of likely N-dealkylation sites (tertiary alicyclic amines) is 1. The minimum Gasteiger partial charge on any atom is -0.365 e. The van der Waals surface area contributed by atoms with E-state index in [2.05, 4.69) is 37.8 Å². The van der Waals surface area contributed by atoms with Crippen molar-refractivity contribution in [2.75, 3.05) is 19.6 Å². The van der Waals surface area contributed by atoms with Gasteiger partial charge in [0, 0.05) is 25.1 Å². The Labute approximate surface area is 224 Å². The highest BCUT2D eigenvalue weighted by atomic mass is 16.5. The van der Waals surface area contributed by atoms with Crippen molar-refractivity contribution in [1.29, 1.82) is 0 Å². The maximum absolute atomic E-state index is 12.8. The molecule has 3 aromatic carbocycles. The first-order chi connectivity index (χ1) is 19.5. The summed E-state index contributed by atoms with van der Waals surface area (Å²) in [5.41, 5.74) is 3.07. The van der Waals surface area contributed by atoms with E-state index in [1.807, 2.05) is 42.5 Å². The predicted molar refractivity (Wildman–Crippen MR) is 149 cm³/mol. The monoisotopic (exact) mass is 488 g/mol. The Kier molecular flexibility index (Phi) is 7.04. The van der Waals surface area contributed by atoms with Crippen LogP contribution in [0.5, 0.6) is 0 Å². The number of Topliss-reactive ketones (excluding diaryl/α,β-unsaturated/α-hetero) is 1. The van der Waals surface area contributed by atoms with E-state index < -0.39 is 12.1 Å². The Morgan fingerprint density at radius 3 is 2.31 bits per heavy atom. The van der Waals surface area contributed by atoms with Crippen LogP contribution in [0.4, 0.5) is 0 Å². The van der Waals surface area contributed by atoms with Crippen LogP contribution >= 0.6 is 0 Å². The fourth-order valence-electron chi connectivity index (χ4n) is 4.71. The zero-order chi connectivity index (χ0) is 29.7. The molecule has 1 saturated heterocycles. The quantitative estimate of drug-likeness (QED) is 0.260. The Bertz CT molecular complexity index is 1310. The summed E-state index contributed by atoms with van der Waals surface area (Å²) in [5.74, 6) is 0.174. The Morgan fingerprint density at radius 1 is 1.00 bits per heavy atom. The van der Waals surface area contributed by atoms with Crippen molar-refractivity contribution in [2.45, 2.75) is 70.5 Å². The van der Waals surface area contributed by atoms with Crippen LogP contribution in [0.2, 0.25) is 0 Å². The van der Waals surface area contributed by atoms with Gasteiger partial charge in [0.05, 0.1) is 13.0 Å². The summed E-state index contributed by atoms with van der Waals surface area (Å²) >= 11 is 0. The molecular weight excluding hydrogens is 442 g/mol. The molecule has 190 valence electrons. The van der Waals surface area contributed by atoms with E-state index in [1.165, 1.54) is 5.56 Å². The van der Waals surface area contributed by atoms with Crippen molar-refractivity contribution < 1.29 is 16.4 Å². The van der Waals surface area contributed by atoms with Gasteiger partial charge in [-0.25, -0.2) is 0 Å². The van der Waals surface area contributed by atoms with Crippen LogP contribution in [0.1, 0.15) is 92.9 Å². The van der Waals surface area contributed by atoms with E-state index in [-0.39, 0.29) is 47.0 Å². The number of carbonyl (C=O) groups is 1. The molecule has 0 saturated carbocycles. The van der Waals surface area contributed by atoms with Gasteiger partial charge in [0.15, 0.2) is 5.78 Å². The zero-order valence-corrected chi connectivity index (χ0v) is 21.8. The molecule has 1 heterocycles. The van der Waals surface area contributed by atoms with Crippen molar-refractivity contribution in [2.24, 2.45) is 0 Å². The molecule has 1 atom stereocenters. The Morgan fingerprint density at radius 2 is 1.67 bits per heavy atom. The highest BCUT2D eigenvalue weighted by Crippen LogP contribution is 2.30. The smallest absolute Gasteiger partial charge is 0.162 e. The van der Waals surface area contributed by atoms with Crippen LogP contribution in [0.3, 0.4) is 0 Å². The minimum atomic E-state index is -0.756. The lowest BCUT2D eigenvalue weighted by atomic mass is 9.82. The van der Waals surface area contributed by atoms with Crippen LogP contribution in [-0.4, -0.2) is 36.4 Å². The fourth-order valence-corrected chi connectivity index (χ4v) is 4.71. The number of carbonyl (C=O) groups excluding carboxylic acids is 1. The molecule has 1 aliphatic rings. The lowest BCUT2D eigenvalue weighted by Crippen LogP contribution is -2.38. The fraction of sp³-hybridized carbons (Fsp3) is 0.424. The highest BCUT2D eigenvalue weighted by molar-refractivity contribution is 5.96. The maximum Gasteiger partial charge on any atom is 0.162 e. The van der Waals surface area contributed by atoms with Crippen molar-refractivity contribution in [3.05, 3.63) is 107 Å². The molecule has 1 fully saturated rings. The number of nitrogens with zero attached hydrogens (tertiary/aromatic N) is 1. The first kappa shape index (κ1) is 20.3. The molecule has 36 heavy (non-hydrogen) atoms. The van der Waals surface area contributed by atoms with Crippen molar-refractivity contribution >= 4 is 5.78 Å². The van der Waals surface area contributed by atoms with Gasteiger partial charge in [-0.05, 0) is 54.3 Å². The summed E-state index contributed by atoms with van der Waals surface area (Å²) in [4.78, 5) is 15.1. The van der Waals surface area contributed by atoms with Crippen LogP contribution in [-0.2, 0) is 10.2 Å². The molecule has 3 aromatic rings. The molecule has 3 nitrogen and oxygen atoms in total. The van der Waals surface area contributed by atoms with Gasteiger partial charge < -0.3 is 9.64 Å². The zero-order valence-electron chi connectivity index (χ0n) is 26.8. The summed E-state index contributed by atoms with van der Waals surface area (Å²) < 4.78 is 47.7. The number of benzene rings is 3. The van der Waals surface area contributed by atoms with E-state index in [9.17, 15) is 4.79 Å². The largest absolute Gasteiger partial charge is 0.365 e. The van der Waals surface area contributed by atoms with Crippen molar-refractivity contribution in [3.63, 3.8) is 0 Å². The maximum atomic E-state index is 12.8. The molecule has 0 N–H and O–H groups in total. The van der Waals surface area contributed by atoms with Gasteiger partial charge in [0.1, 0.15) is 6.10 Å². The molecule has 1 unspecified atom stereocenters. The third-order valence-corrected chi connectivity index (χ3v) is 7.50. The number of rotatable bonds is 11. The van der Waals surface area contributed by atoms with Crippen molar-refractivity contribution in [3.8, 4) is 0 Å². The molecule has 0 bridgehead atoms. The predicted octanol–water partition coefficient (Wildman–Crippen LogP) is 7.61. The van der Waals surface area contributed by atoms with E-state index in [4.69, 9.17) is 11.6 Å². The molecule has 1 aliphatic heterocycles. The van der Waals surface area contributed by atoms with Crippen LogP contribution in [0.15, 0.2) is 84.8 Å². The molecule has 0 aliphatic carbocycles. The summed E-state index contributed by atoms with van der Waals surface area (Å²) in [7, 11) is 0. The average Bonchev–Trinajstić information content (AvgIpc) is 2.99. The van der Waals surface area contributed by atoms with E-state index >= 15 is 0 Å². The molecule has 0 spiro atoms. The van der Waals surface area contributed by atoms with Crippen molar-refractivity contribution in [1.82, 2.24) is 4.90 Å². The van der Waals surface area contributed by atoms with Gasteiger partial charge in [0.25, 0.3) is 0 Å². The molecule has 0 radical (unpaired) electrons. The highest BCUT2D eigenvalue weighted by Gasteiger charge is 2.25. The second kappa shape index (κ2) is 12.5. The van der Waals surface area contributed by atoms with Gasteiger partial charge in [-0.2, -0.15) is 0 Å². The molecule has 0 aromatic heterocycles. The average molecular weight is 489 g/mol. The number of hydrogen-bond donors (Lipinski definition) is 0. The molecule has 4 rings (SSSR count). The van der Waals surface area contributed by atoms with E-state index in [0.29, 0.717) is 6.42 Å². The molecule has 3 heteroatoms. The molecule has 0 amide bonds. The second-order valence-electron chi connectivity index (χ2n) is 10.3. The first-order valence-corrected chi connectivity index (χ1v) is 13.2. The first-order valence-electron chi connectivity index (χ1n) is 15.7.